The van der Waals surface area contributed by atoms with Crippen molar-refractivity contribution in [3.8, 4) is 5.75 Å². The number of ether oxygens (including phenoxy) is 1. The van der Waals surface area contributed by atoms with Gasteiger partial charge >= 0.3 is 0 Å². The van der Waals surface area contributed by atoms with Gasteiger partial charge in [0.1, 0.15) is 5.75 Å². The lowest BCUT2D eigenvalue weighted by molar-refractivity contribution is 0.0149. The van der Waals surface area contributed by atoms with Gasteiger partial charge in [-0.2, -0.15) is 0 Å². The first-order valence-electron chi connectivity index (χ1n) is 10.7. The maximum Gasteiger partial charge on any atom is 0.119 e. The number of aliphatic hydroxyl groups excluding tert-OH is 1. The molecule has 1 fully saturated rings. The van der Waals surface area contributed by atoms with Gasteiger partial charge in [0.05, 0.1) is 19.3 Å². The second kappa shape index (κ2) is 10.3. The van der Waals surface area contributed by atoms with Gasteiger partial charge in [0.15, 0.2) is 0 Å². The van der Waals surface area contributed by atoms with Crippen molar-refractivity contribution < 1.29 is 9.84 Å². The molecular weight excluding hydrogens is 408 g/mol. The molecule has 3 aromatic rings. The molecule has 162 valence electrons. The SMILES string of the molecule is COc1cccc(CN2CCN(C(c3ccccc3Cl)C(O)c3ccccc3)CC2)c1. The van der Waals surface area contributed by atoms with Crippen LogP contribution in [0.4, 0.5) is 0 Å². The molecule has 0 aliphatic carbocycles. The van der Waals surface area contributed by atoms with Gasteiger partial charge in [-0.3, -0.25) is 9.80 Å². The van der Waals surface area contributed by atoms with Crippen molar-refractivity contribution in [3.05, 3.63) is 101 Å². The Balaban J connectivity index is 1.50. The van der Waals surface area contributed by atoms with E-state index in [1.165, 1.54) is 5.56 Å². The molecule has 1 aliphatic heterocycles. The van der Waals surface area contributed by atoms with Crippen LogP contribution in [0.25, 0.3) is 0 Å². The normalized spacial score (nSPS) is 17.3. The van der Waals surface area contributed by atoms with Gasteiger partial charge in [-0.05, 0) is 34.9 Å². The molecule has 0 amide bonds. The van der Waals surface area contributed by atoms with Crippen LogP contribution >= 0.6 is 11.6 Å². The fraction of sp³-hybridized carbons (Fsp3) is 0.308. The number of halogens is 1. The van der Waals surface area contributed by atoms with Crippen molar-refractivity contribution in [2.24, 2.45) is 0 Å². The van der Waals surface area contributed by atoms with Gasteiger partial charge in [-0.15, -0.1) is 0 Å². The summed E-state index contributed by atoms with van der Waals surface area (Å²) in [5.74, 6) is 0.890. The molecular formula is C26H29ClN2O2. The van der Waals surface area contributed by atoms with Crippen molar-refractivity contribution in [3.63, 3.8) is 0 Å². The summed E-state index contributed by atoms with van der Waals surface area (Å²) in [6.45, 7) is 4.48. The minimum atomic E-state index is -0.647. The highest BCUT2D eigenvalue weighted by atomic mass is 35.5. The van der Waals surface area contributed by atoms with Crippen LogP contribution in [0.15, 0.2) is 78.9 Å². The third kappa shape index (κ3) is 5.28. The van der Waals surface area contributed by atoms with E-state index in [4.69, 9.17) is 16.3 Å². The standard InChI is InChI=1S/C26H29ClN2O2/c1-31-22-11-7-8-20(18-22)19-28-14-16-29(17-15-28)25(23-12-5-6-13-24(23)27)26(30)21-9-3-2-4-10-21/h2-13,18,25-26,30H,14-17,19H2,1H3. The van der Waals surface area contributed by atoms with Crippen molar-refractivity contribution in [1.29, 1.82) is 0 Å². The summed E-state index contributed by atoms with van der Waals surface area (Å²) in [6.07, 6.45) is -0.647. The molecule has 4 nitrogen and oxygen atoms in total. The Kier molecular flexibility index (Phi) is 7.25. The summed E-state index contributed by atoms with van der Waals surface area (Å²) < 4.78 is 5.35. The van der Waals surface area contributed by atoms with E-state index in [1.807, 2.05) is 66.7 Å². The molecule has 0 radical (unpaired) electrons. The summed E-state index contributed by atoms with van der Waals surface area (Å²) in [5, 5.41) is 12.0. The minimum Gasteiger partial charge on any atom is -0.497 e. The van der Waals surface area contributed by atoms with Gasteiger partial charge in [-0.1, -0.05) is 72.3 Å². The Morgan fingerprint density at radius 3 is 2.32 bits per heavy atom. The van der Waals surface area contributed by atoms with Gasteiger partial charge in [0.2, 0.25) is 0 Å². The molecule has 2 atom stereocenters. The number of nitrogens with zero attached hydrogens (tertiary/aromatic N) is 2. The largest absolute Gasteiger partial charge is 0.497 e. The van der Waals surface area contributed by atoms with Crippen LogP contribution in [-0.4, -0.2) is 48.2 Å². The lowest BCUT2D eigenvalue weighted by Gasteiger charge is -2.41. The van der Waals surface area contributed by atoms with Crippen LogP contribution < -0.4 is 4.74 Å². The summed E-state index contributed by atoms with van der Waals surface area (Å²) in [5.41, 5.74) is 3.13. The lowest BCUT2D eigenvalue weighted by Crippen LogP contribution is -2.48. The number of rotatable bonds is 7. The monoisotopic (exact) mass is 436 g/mol. The molecule has 1 aliphatic rings. The molecule has 0 spiro atoms. The second-order valence-corrected chi connectivity index (χ2v) is 8.39. The zero-order chi connectivity index (χ0) is 21.6. The van der Waals surface area contributed by atoms with Crippen LogP contribution in [0, 0.1) is 0 Å². The number of methoxy groups -OCH3 is 1. The molecule has 4 rings (SSSR count). The third-order valence-electron chi connectivity index (χ3n) is 6.00. The number of benzene rings is 3. The van der Waals surface area contributed by atoms with E-state index in [0.29, 0.717) is 5.02 Å². The molecule has 2 unspecified atom stereocenters. The second-order valence-electron chi connectivity index (χ2n) is 7.99. The number of aliphatic hydroxyl groups is 1. The fourth-order valence-electron chi connectivity index (χ4n) is 4.34. The Morgan fingerprint density at radius 2 is 1.61 bits per heavy atom. The fourth-order valence-corrected chi connectivity index (χ4v) is 4.59. The van der Waals surface area contributed by atoms with Crippen molar-refractivity contribution in [2.45, 2.75) is 18.7 Å². The highest BCUT2D eigenvalue weighted by Gasteiger charge is 2.32. The van der Waals surface area contributed by atoms with E-state index in [-0.39, 0.29) is 6.04 Å². The summed E-state index contributed by atoms with van der Waals surface area (Å²) >= 11 is 6.57. The predicted molar refractivity (Wildman–Crippen MR) is 125 cm³/mol. The molecule has 5 heteroatoms. The summed E-state index contributed by atoms with van der Waals surface area (Å²) in [4.78, 5) is 4.81. The summed E-state index contributed by atoms with van der Waals surface area (Å²) in [7, 11) is 1.70. The molecule has 0 aromatic heterocycles. The lowest BCUT2D eigenvalue weighted by atomic mass is 9.93. The average Bonchev–Trinajstić information content (AvgIpc) is 2.82. The first kappa shape index (κ1) is 21.8. The quantitative estimate of drug-likeness (QED) is 0.569. The van der Waals surface area contributed by atoms with E-state index in [9.17, 15) is 5.11 Å². The molecule has 31 heavy (non-hydrogen) atoms. The molecule has 0 bridgehead atoms. The first-order valence-corrected chi connectivity index (χ1v) is 11.1. The number of hydrogen-bond acceptors (Lipinski definition) is 4. The predicted octanol–water partition coefficient (Wildman–Crippen LogP) is 4.94. The van der Waals surface area contributed by atoms with Gasteiger partial charge in [-0.25, -0.2) is 0 Å². The van der Waals surface area contributed by atoms with Gasteiger partial charge in [0, 0.05) is 37.7 Å². The smallest absolute Gasteiger partial charge is 0.119 e. The molecule has 1 saturated heterocycles. The van der Waals surface area contributed by atoms with E-state index < -0.39 is 6.10 Å². The molecule has 1 heterocycles. The maximum atomic E-state index is 11.3. The van der Waals surface area contributed by atoms with Crippen LogP contribution in [-0.2, 0) is 6.54 Å². The van der Waals surface area contributed by atoms with Crippen LogP contribution in [0.1, 0.15) is 28.8 Å². The van der Waals surface area contributed by atoms with E-state index >= 15 is 0 Å². The molecule has 1 N–H and O–H groups in total. The Labute approximate surface area is 189 Å². The first-order chi connectivity index (χ1) is 15.2. The minimum absolute atomic E-state index is 0.185. The maximum absolute atomic E-state index is 11.3. The third-order valence-corrected chi connectivity index (χ3v) is 6.35. The van der Waals surface area contributed by atoms with E-state index in [0.717, 1.165) is 49.6 Å². The average molecular weight is 437 g/mol. The zero-order valence-electron chi connectivity index (χ0n) is 17.8. The molecule has 3 aromatic carbocycles. The number of piperazine rings is 1. The number of hydrogen-bond donors (Lipinski definition) is 1. The van der Waals surface area contributed by atoms with Gasteiger partial charge in [0.25, 0.3) is 0 Å². The van der Waals surface area contributed by atoms with Crippen molar-refractivity contribution >= 4 is 11.6 Å². The molecule has 0 saturated carbocycles. The topological polar surface area (TPSA) is 35.9 Å². The van der Waals surface area contributed by atoms with Crippen molar-refractivity contribution in [2.75, 3.05) is 33.3 Å². The zero-order valence-corrected chi connectivity index (χ0v) is 18.6. The van der Waals surface area contributed by atoms with E-state index in [1.54, 1.807) is 7.11 Å². The van der Waals surface area contributed by atoms with Crippen LogP contribution in [0.2, 0.25) is 5.02 Å². The highest BCUT2D eigenvalue weighted by Crippen LogP contribution is 2.38. The van der Waals surface area contributed by atoms with Gasteiger partial charge < -0.3 is 9.84 Å². The Bertz CT molecular complexity index is 974. The Hall–Kier alpha value is -2.37. The van der Waals surface area contributed by atoms with Crippen LogP contribution in [0.5, 0.6) is 5.75 Å². The Morgan fingerprint density at radius 1 is 0.903 bits per heavy atom. The summed E-state index contributed by atoms with van der Waals surface area (Å²) in [6, 6.07) is 25.8. The highest BCUT2D eigenvalue weighted by molar-refractivity contribution is 6.31. The van der Waals surface area contributed by atoms with Crippen molar-refractivity contribution in [1.82, 2.24) is 9.80 Å². The van der Waals surface area contributed by atoms with E-state index in [2.05, 4.69) is 21.9 Å². The van der Waals surface area contributed by atoms with Crippen LogP contribution in [0.3, 0.4) is 0 Å².